The zero-order valence-electron chi connectivity index (χ0n) is 10.8. The van der Waals surface area contributed by atoms with Crippen LogP contribution in [0.15, 0.2) is 6.20 Å². The van der Waals surface area contributed by atoms with Gasteiger partial charge in [-0.15, -0.1) is 0 Å². The highest BCUT2D eigenvalue weighted by atomic mass is 16.5. The fourth-order valence-electron chi connectivity index (χ4n) is 2.28. The van der Waals surface area contributed by atoms with Gasteiger partial charge in [0.05, 0.1) is 24.3 Å². The average Bonchev–Trinajstić information content (AvgIpc) is 2.94. The van der Waals surface area contributed by atoms with Gasteiger partial charge in [0.25, 0.3) is 5.91 Å². The molecule has 0 spiro atoms. The topological polar surface area (TPSA) is 64.4 Å². The summed E-state index contributed by atoms with van der Waals surface area (Å²) in [5.74, 6) is -0.504. The number of ether oxygens (including phenoxy) is 1. The second-order valence-electron chi connectivity index (χ2n) is 4.56. The zero-order chi connectivity index (χ0) is 13.3. The molecule has 1 atom stereocenters. The van der Waals surface area contributed by atoms with Gasteiger partial charge in [-0.25, -0.2) is 0 Å². The SMILES string of the molecule is COC(=O)C1CCN(C(=O)c2cn(C)nc2C)C1. The Hall–Kier alpha value is -1.85. The summed E-state index contributed by atoms with van der Waals surface area (Å²) in [6, 6.07) is 0. The largest absolute Gasteiger partial charge is 0.469 e. The second-order valence-corrected chi connectivity index (χ2v) is 4.56. The van der Waals surface area contributed by atoms with E-state index >= 15 is 0 Å². The van der Waals surface area contributed by atoms with Crippen LogP contribution in [0.5, 0.6) is 0 Å². The van der Waals surface area contributed by atoms with E-state index in [4.69, 9.17) is 4.74 Å². The first-order valence-corrected chi connectivity index (χ1v) is 5.90. The number of carbonyl (C=O) groups excluding carboxylic acids is 2. The van der Waals surface area contributed by atoms with Gasteiger partial charge in [-0.2, -0.15) is 5.10 Å². The Morgan fingerprint density at radius 3 is 2.78 bits per heavy atom. The smallest absolute Gasteiger partial charge is 0.310 e. The summed E-state index contributed by atoms with van der Waals surface area (Å²) < 4.78 is 6.32. The van der Waals surface area contributed by atoms with E-state index in [-0.39, 0.29) is 17.8 Å². The third-order valence-electron chi connectivity index (χ3n) is 3.25. The zero-order valence-corrected chi connectivity index (χ0v) is 10.8. The van der Waals surface area contributed by atoms with Crippen molar-refractivity contribution in [2.45, 2.75) is 13.3 Å². The number of hydrogen-bond donors (Lipinski definition) is 0. The molecular weight excluding hydrogens is 234 g/mol. The number of esters is 1. The Morgan fingerprint density at radius 2 is 2.22 bits per heavy atom. The fourth-order valence-corrected chi connectivity index (χ4v) is 2.28. The van der Waals surface area contributed by atoms with E-state index in [2.05, 4.69) is 5.10 Å². The molecule has 0 aliphatic carbocycles. The van der Waals surface area contributed by atoms with E-state index in [0.29, 0.717) is 30.8 Å². The maximum atomic E-state index is 12.3. The summed E-state index contributed by atoms with van der Waals surface area (Å²) in [7, 11) is 3.16. The Balaban J connectivity index is 2.08. The van der Waals surface area contributed by atoms with Crippen LogP contribution >= 0.6 is 0 Å². The van der Waals surface area contributed by atoms with Gasteiger partial charge in [0.1, 0.15) is 0 Å². The predicted octanol–water partition coefficient (Wildman–Crippen LogP) is 0.364. The molecule has 0 N–H and O–H groups in total. The molecule has 0 radical (unpaired) electrons. The van der Waals surface area contributed by atoms with Crippen molar-refractivity contribution in [1.82, 2.24) is 14.7 Å². The molecule has 2 heterocycles. The minimum atomic E-state index is -0.242. The number of aromatic nitrogens is 2. The summed E-state index contributed by atoms with van der Waals surface area (Å²) >= 11 is 0. The number of methoxy groups -OCH3 is 1. The molecule has 1 saturated heterocycles. The summed E-state index contributed by atoms with van der Waals surface area (Å²) in [6.07, 6.45) is 2.38. The number of likely N-dealkylation sites (tertiary alicyclic amines) is 1. The van der Waals surface area contributed by atoms with Crippen molar-refractivity contribution in [3.63, 3.8) is 0 Å². The molecule has 18 heavy (non-hydrogen) atoms. The van der Waals surface area contributed by atoms with Gasteiger partial charge < -0.3 is 9.64 Å². The van der Waals surface area contributed by atoms with E-state index in [1.165, 1.54) is 7.11 Å². The Kier molecular flexibility index (Phi) is 3.36. The molecule has 0 saturated carbocycles. The Bertz CT molecular complexity index is 481. The molecule has 6 heteroatoms. The van der Waals surface area contributed by atoms with E-state index in [1.807, 2.05) is 0 Å². The first-order chi connectivity index (χ1) is 8.52. The highest BCUT2D eigenvalue weighted by Gasteiger charge is 2.32. The number of aryl methyl sites for hydroxylation is 2. The van der Waals surface area contributed by atoms with Gasteiger partial charge in [0.2, 0.25) is 0 Å². The first kappa shape index (κ1) is 12.6. The minimum absolute atomic E-state index is 0.0630. The lowest BCUT2D eigenvalue weighted by Gasteiger charge is -2.15. The summed E-state index contributed by atoms with van der Waals surface area (Å²) in [6.45, 7) is 2.83. The highest BCUT2D eigenvalue weighted by molar-refractivity contribution is 5.95. The highest BCUT2D eigenvalue weighted by Crippen LogP contribution is 2.20. The van der Waals surface area contributed by atoms with Crippen LogP contribution in [-0.4, -0.2) is 46.8 Å². The lowest BCUT2D eigenvalue weighted by molar-refractivity contribution is -0.144. The third kappa shape index (κ3) is 2.23. The van der Waals surface area contributed by atoms with Gasteiger partial charge in [-0.1, -0.05) is 0 Å². The van der Waals surface area contributed by atoms with Crippen molar-refractivity contribution < 1.29 is 14.3 Å². The maximum Gasteiger partial charge on any atom is 0.310 e. The van der Waals surface area contributed by atoms with Gasteiger partial charge in [0, 0.05) is 26.3 Å². The van der Waals surface area contributed by atoms with Crippen molar-refractivity contribution >= 4 is 11.9 Å². The molecule has 6 nitrogen and oxygen atoms in total. The fraction of sp³-hybridized carbons (Fsp3) is 0.583. The molecule has 1 unspecified atom stereocenters. The number of carbonyl (C=O) groups is 2. The molecule has 1 fully saturated rings. The van der Waals surface area contributed by atoms with Crippen LogP contribution in [0.4, 0.5) is 0 Å². The third-order valence-corrected chi connectivity index (χ3v) is 3.25. The molecule has 2 rings (SSSR count). The van der Waals surface area contributed by atoms with E-state index in [9.17, 15) is 9.59 Å². The number of nitrogens with zero attached hydrogens (tertiary/aromatic N) is 3. The van der Waals surface area contributed by atoms with Gasteiger partial charge in [-0.05, 0) is 13.3 Å². The molecule has 1 aliphatic rings. The van der Waals surface area contributed by atoms with Gasteiger partial charge >= 0.3 is 5.97 Å². The molecule has 1 amide bonds. The van der Waals surface area contributed by atoms with Crippen LogP contribution in [0.1, 0.15) is 22.5 Å². The normalized spacial score (nSPS) is 19.1. The number of hydrogen-bond acceptors (Lipinski definition) is 4. The van der Waals surface area contributed by atoms with Crippen molar-refractivity contribution in [2.75, 3.05) is 20.2 Å². The van der Waals surface area contributed by atoms with Crippen LogP contribution in [0, 0.1) is 12.8 Å². The molecule has 1 aromatic heterocycles. The first-order valence-electron chi connectivity index (χ1n) is 5.90. The number of amides is 1. The Morgan fingerprint density at radius 1 is 1.50 bits per heavy atom. The number of rotatable bonds is 2. The minimum Gasteiger partial charge on any atom is -0.469 e. The molecular formula is C12H17N3O3. The molecule has 1 aromatic rings. The predicted molar refractivity (Wildman–Crippen MR) is 64.0 cm³/mol. The molecule has 98 valence electrons. The van der Waals surface area contributed by atoms with Crippen molar-refractivity contribution in [3.8, 4) is 0 Å². The maximum absolute atomic E-state index is 12.3. The van der Waals surface area contributed by atoms with Crippen LogP contribution in [-0.2, 0) is 16.6 Å². The van der Waals surface area contributed by atoms with Crippen molar-refractivity contribution in [2.24, 2.45) is 13.0 Å². The van der Waals surface area contributed by atoms with Crippen LogP contribution in [0.3, 0.4) is 0 Å². The monoisotopic (exact) mass is 251 g/mol. The molecule has 0 bridgehead atoms. The van der Waals surface area contributed by atoms with Crippen molar-refractivity contribution in [1.29, 1.82) is 0 Å². The summed E-state index contributed by atoms with van der Waals surface area (Å²) in [5.41, 5.74) is 1.31. The van der Waals surface area contributed by atoms with E-state index < -0.39 is 0 Å². The average molecular weight is 251 g/mol. The lowest BCUT2D eigenvalue weighted by atomic mass is 10.1. The van der Waals surface area contributed by atoms with Crippen molar-refractivity contribution in [3.05, 3.63) is 17.5 Å². The van der Waals surface area contributed by atoms with E-state index in [0.717, 1.165) is 0 Å². The van der Waals surface area contributed by atoms with Gasteiger partial charge in [-0.3, -0.25) is 14.3 Å². The Labute approximate surface area is 106 Å². The quantitative estimate of drug-likeness (QED) is 0.712. The molecule has 0 aromatic carbocycles. The van der Waals surface area contributed by atoms with E-state index in [1.54, 1.807) is 29.7 Å². The van der Waals surface area contributed by atoms with Crippen LogP contribution < -0.4 is 0 Å². The summed E-state index contributed by atoms with van der Waals surface area (Å²) in [5, 5.41) is 4.15. The van der Waals surface area contributed by atoms with Crippen LogP contribution in [0.2, 0.25) is 0 Å². The molecule has 1 aliphatic heterocycles. The van der Waals surface area contributed by atoms with Crippen LogP contribution in [0.25, 0.3) is 0 Å². The van der Waals surface area contributed by atoms with Gasteiger partial charge in [0.15, 0.2) is 0 Å². The lowest BCUT2D eigenvalue weighted by Crippen LogP contribution is -2.30. The second kappa shape index (κ2) is 4.80. The summed E-state index contributed by atoms with van der Waals surface area (Å²) in [4.78, 5) is 25.4. The standard InChI is InChI=1S/C12H17N3O3/c1-8-10(7-14(2)13-8)11(16)15-5-4-9(6-15)12(17)18-3/h7,9H,4-6H2,1-3H3.